The van der Waals surface area contributed by atoms with Crippen molar-refractivity contribution in [2.75, 3.05) is 6.61 Å². The summed E-state index contributed by atoms with van der Waals surface area (Å²) in [6.07, 6.45) is 0.634. The highest BCUT2D eigenvalue weighted by Crippen LogP contribution is 2.24. The van der Waals surface area contributed by atoms with Crippen LogP contribution in [0, 0.1) is 10.1 Å². The molecule has 0 fully saturated rings. The fraction of sp³-hybridized carbons (Fsp3) is 0.333. The lowest BCUT2D eigenvalue weighted by Gasteiger charge is -2.19. The Morgan fingerprint density at radius 1 is 1.07 bits per heavy atom. The summed E-state index contributed by atoms with van der Waals surface area (Å²) in [7, 11) is 0. The molecule has 29 heavy (non-hydrogen) atoms. The Morgan fingerprint density at radius 2 is 1.76 bits per heavy atom. The van der Waals surface area contributed by atoms with Crippen LogP contribution >= 0.6 is 0 Å². The first-order valence-corrected chi connectivity index (χ1v) is 9.24. The van der Waals surface area contributed by atoms with Gasteiger partial charge in [0.05, 0.1) is 11.5 Å². The SMILES string of the molecule is CC(C)(C)c1ccc(OCCCC(=O)NNC(=O)c2cccc([N+](=O)[O-])c2)cc1. The summed E-state index contributed by atoms with van der Waals surface area (Å²) < 4.78 is 5.62. The number of carbonyl (C=O) groups is 2. The first kappa shape index (κ1) is 21.9. The summed E-state index contributed by atoms with van der Waals surface area (Å²) in [5.41, 5.74) is 5.70. The molecule has 0 radical (unpaired) electrons. The third-order valence-corrected chi connectivity index (χ3v) is 4.17. The largest absolute Gasteiger partial charge is 0.494 e. The number of nitrogens with one attached hydrogen (secondary N) is 2. The van der Waals surface area contributed by atoms with Crippen molar-refractivity contribution in [2.45, 2.75) is 39.0 Å². The summed E-state index contributed by atoms with van der Waals surface area (Å²) >= 11 is 0. The third kappa shape index (κ3) is 6.91. The van der Waals surface area contributed by atoms with E-state index < -0.39 is 10.8 Å². The standard InChI is InChI=1S/C21H25N3O5/c1-21(2,3)16-9-11-18(12-10-16)29-13-5-8-19(25)22-23-20(26)15-6-4-7-17(14-15)24(27)28/h4,6-7,9-12,14H,5,8,13H2,1-3H3,(H,22,25)(H,23,26). The van der Waals surface area contributed by atoms with Crippen LogP contribution in [0.5, 0.6) is 5.75 Å². The van der Waals surface area contributed by atoms with Gasteiger partial charge in [0.15, 0.2) is 0 Å². The van der Waals surface area contributed by atoms with Crippen LogP contribution in [-0.4, -0.2) is 23.3 Å². The van der Waals surface area contributed by atoms with Gasteiger partial charge in [-0.2, -0.15) is 0 Å². The summed E-state index contributed by atoms with van der Waals surface area (Å²) in [6.45, 7) is 6.78. The molecule has 2 aromatic rings. The fourth-order valence-electron chi connectivity index (χ4n) is 2.50. The minimum absolute atomic E-state index is 0.0751. The van der Waals surface area contributed by atoms with Gasteiger partial charge in [0.25, 0.3) is 11.6 Å². The molecule has 0 heterocycles. The predicted octanol–water partition coefficient (Wildman–Crippen LogP) is 3.51. The number of nitro groups is 1. The molecule has 8 nitrogen and oxygen atoms in total. The number of hydrogen-bond donors (Lipinski definition) is 2. The second kappa shape index (κ2) is 9.68. The maximum atomic E-state index is 12.0. The molecule has 0 bridgehead atoms. The van der Waals surface area contributed by atoms with Crippen molar-refractivity contribution in [3.63, 3.8) is 0 Å². The molecule has 0 saturated carbocycles. The van der Waals surface area contributed by atoms with Gasteiger partial charge in [-0.05, 0) is 35.6 Å². The van der Waals surface area contributed by atoms with Crippen molar-refractivity contribution < 1.29 is 19.2 Å². The molecular formula is C21H25N3O5. The minimum Gasteiger partial charge on any atom is -0.494 e. The van der Waals surface area contributed by atoms with Crippen LogP contribution in [0.1, 0.15) is 49.5 Å². The molecule has 2 aromatic carbocycles. The Hall–Kier alpha value is -3.42. The number of hydrogen-bond acceptors (Lipinski definition) is 5. The van der Waals surface area contributed by atoms with Gasteiger partial charge in [-0.3, -0.25) is 30.6 Å². The average Bonchev–Trinajstić information content (AvgIpc) is 2.69. The second-order valence-electron chi connectivity index (χ2n) is 7.54. The van der Waals surface area contributed by atoms with Crippen molar-refractivity contribution in [3.8, 4) is 5.75 Å². The van der Waals surface area contributed by atoms with Crippen molar-refractivity contribution in [3.05, 3.63) is 69.8 Å². The van der Waals surface area contributed by atoms with Crippen LogP contribution < -0.4 is 15.6 Å². The summed E-state index contributed by atoms with van der Waals surface area (Å²) in [6, 6.07) is 13.1. The Kier molecular flexibility index (Phi) is 7.30. The Balaban J connectivity index is 1.70. The molecule has 8 heteroatoms. The zero-order valence-corrected chi connectivity index (χ0v) is 16.7. The zero-order chi connectivity index (χ0) is 21.4. The van der Waals surface area contributed by atoms with Crippen LogP contribution in [0.4, 0.5) is 5.69 Å². The van der Waals surface area contributed by atoms with E-state index in [2.05, 4.69) is 31.6 Å². The van der Waals surface area contributed by atoms with E-state index in [9.17, 15) is 19.7 Å². The molecule has 2 N–H and O–H groups in total. The van der Waals surface area contributed by atoms with E-state index >= 15 is 0 Å². The third-order valence-electron chi connectivity index (χ3n) is 4.17. The molecule has 0 atom stereocenters. The minimum atomic E-state index is -0.628. The van der Waals surface area contributed by atoms with E-state index in [1.807, 2.05) is 24.3 Å². The molecule has 2 amide bonds. The molecule has 0 saturated heterocycles. The molecule has 0 aromatic heterocycles. The first-order valence-electron chi connectivity index (χ1n) is 9.24. The molecule has 154 valence electrons. The zero-order valence-electron chi connectivity index (χ0n) is 16.7. The lowest BCUT2D eigenvalue weighted by atomic mass is 9.87. The van der Waals surface area contributed by atoms with Gasteiger partial charge in [-0.25, -0.2) is 0 Å². The smallest absolute Gasteiger partial charge is 0.270 e. The van der Waals surface area contributed by atoms with Gasteiger partial charge >= 0.3 is 0 Å². The number of rotatable bonds is 7. The molecular weight excluding hydrogens is 374 g/mol. The highest BCUT2D eigenvalue weighted by atomic mass is 16.6. The van der Waals surface area contributed by atoms with Crippen LogP contribution in [0.15, 0.2) is 48.5 Å². The number of benzene rings is 2. The normalized spacial score (nSPS) is 10.9. The quantitative estimate of drug-likeness (QED) is 0.420. The Morgan fingerprint density at radius 3 is 2.38 bits per heavy atom. The number of hydrazine groups is 1. The second-order valence-corrected chi connectivity index (χ2v) is 7.54. The van der Waals surface area contributed by atoms with Crippen molar-refractivity contribution >= 4 is 17.5 Å². The maximum Gasteiger partial charge on any atom is 0.270 e. The number of amides is 2. The van der Waals surface area contributed by atoms with Crippen LogP contribution in [0.25, 0.3) is 0 Å². The van der Waals surface area contributed by atoms with Crippen molar-refractivity contribution in [2.24, 2.45) is 0 Å². The Labute approximate surface area is 169 Å². The molecule has 0 aliphatic rings. The summed E-state index contributed by atoms with van der Waals surface area (Å²) in [5.74, 6) is -0.273. The molecule has 0 unspecified atom stereocenters. The Bertz CT molecular complexity index is 873. The van der Waals surface area contributed by atoms with E-state index in [0.717, 1.165) is 11.8 Å². The van der Waals surface area contributed by atoms with Crippen LogP contribution in [0.3, 0.4) is 0 Å². The predicted molar refractivity (Wildman–Crippen MR) is 109 cm³/mol. The van der Waals surface area contributed by atoms with Crippen LogP contribution in [-0.2, 0) is 10.2 Å². The van der Waals surface area contributed by atoms with Crippen LogP contribution in [0.2, 0.25) is 0 Å². The van der Waals surface area contributed by atoms with E-state index in [4.69, 9.17) is 4.74 Å². The van der Waals surface area contributed by atoms with Gasteiger partial charge in [0.2, 0.25) is 5.91 Å². The molecule has 2 rings (SSSR count). The van der Waals surface area contributed by atoms with Gasteiger partial charge in [-0.1, -0.05) is 39.0 Å². The van der Waals surface area contributed by atoms with Gasteiger partial charge < -0.3 is 4.74 Å². The monoisotopic (exact) mass is 399 g/mol. The lowest BCUT2D eigenvalue weighted by Crippen LogP contribution is -2.41. The number of nitrogens with zero attached hydrogens (tertiary/aromatic N) is 1. The lowest BCUT2D eigenvalue weighted by molar-refractivity contribution is -0.384. The van der Waals surface area contributed by atoms with E-state index in [0.29, 0.717) is 13.0 Å². The highest BCUT2D eigenvalue weighted by molar-refractivity contribution is 5.95. The summed E-state index contributed by atoms with van der Waals surface area (Å²) in [5, 5.41) is 10.7. The number of nitro benzene ring substituents is 1. The van der Waals surface area contributed by atoms with E-state index in [-0.39, 0.29) is 29.0 Å². The fourth-order valence-corrected chi connectivity index (χ4v) is 2.50. The average molecular weight is 399 g/mol. The number of carbonyl (C=O) groups excluding carboxylic acids is 2. The first-order chi connectivity index (χ1) is 13.7. The summed E-state index contributed by atoms with van der Waals surface area (Å²) in [4.78, 5) is 33.9. The molecule has 0 aliphatic heterocycles. The van der Waals surface area contributed by atoms with E-state index in [1.54, 1.807) is 0 Å². The molecule has 0 spiro atoms. The van der Waals surface area contributed by atoms with Crippen molar-refractivity contribution in [1.29, 1.82) is 0 Å². The number of non-ortho nitro benzene ring substituents is 1. The van der Waals surface area contributed by atoms with Crippen molar-refractivity contribution in [1.82, 2.24) is 10.9 Å². The molecule has 0 aliphatic carbocycles. The maximum absolute atomic E-state index is 12.0. The van der Waals surface area contributed by atoms with E-state index in [1.165, 1.54) is 23.8 Å². The highest BCUT2D eigenvalue weighted by Gasteiger charge is 2.13. The van der Waals surface area contributed by atoms with Gasteiger partial charge in [-0.15, -0.1) is 0 Å². The van der Waals surface area contributed by atoms with Gasteiger partial charge in [0, 0.05) is 24.1 Å². The number of ether oxygens (including phenoxy) is 1. The van der Waals surface area contributed by atoms with Gasteiger partial charge in [0.1, 0.15) is 5.75 Å². The topological polar surface area (TPSA) is 111 Å².